The molecule has 2 heterocycles. The van der Waals surface area contributed by atoms with Gasteiger partial charge in [0.1, 0.15) is 17.1 Å². The molecule has 1 aliphatic rings. The van der Waals surface area contributed by atoms with E-state index in [4.69, 9.17) is 13.9 Å². The number of benzene rings is 1. The van der Waals surface area contributed by atoms with Crippen LogP contribution in [0.4, 0.5) is 5.69 Å². The fraction of sp³-hybridized carbons (Fsp3) is 0.368. The Labute approximate surface area is 151 Å². The first-order valence-corrected chi connectivity index (χ1v) is 8.46. The van der Waals surface area contributed by atoms with Crippen LogP contribution in [0, 0.1) is 0 Å². The summed E-state index contributed by atoms with van der Waals surface area (Å²) in [4.78, 5) is 26.5. The Kier molecular flexibility index (Phi) is 5.58. The molecule has 138 valence electrons. The normalized spacial score (nSPS) is 17.1. The van der Waals surface area contributed by atoms with Crippen molar-refractivity contribution in [3.63, 3.8) is 0 Å². The van der Waals surface area contributed by atoms with Gasteiger partial charge in [0.2, 0.25) is 5.91 Å². The third kappa shape index (κ3) is 3.88. The molecule has 1 saturated heterocycles. The number of esters is 1. The molecule has 7 nitrogen and oxygen atoms in total. The highest BCUT2D eigenvalue weighted by Gasteiger charge is 2.32. The third-order valence-corrected chi connectivity index (χ3v) is 4.52. The van der Waals surface area contributed by atoms with Crippen LogP contribution < -0.4 is 10.1 Å². The number of amides is 1. The van der Waals surface area contributed by atoms with Gasteiger partial charge in [0, 0.05) is 5.69 Å². The van der Waals surface area contributed by atoms with Crippen molar-refractivity contribution in [1.29, 1.82) is 0 Å². The molecule has 1 aromatic heterocycles. The molecule has 26 heavy (non-hydrogen) atoms. The van der Waals surface area contributed by atoms with E-state index in [0.717, 1.165) is 30.8 Å². The summed E-state index contributed by atoms with van der Waals surface area (Å²) in [5.74, 6) is 0.741. The smallest absolute Gasteiger partial charge is 0.341 e. The van der Waals surface area contributed by atoms with Crippen LogP contribution in [0.1, 0.15) is 29.0 Å². The summed E-state index contributed by atoms with van der Waals surface area (Å²) in [6.45, 7) is 1.15. The average molecular weight is 358 g/mol. The number of hydrogen-bond acceptors (Lipinski definition) is 6. The summed E-state index contributed by atoms with van der Waals surface area (Å²) in [5.41, 5.74) is 1.12. The molecule has 1 fully saturated rings. The zero-order valence-electron chi connectivity index (χ0n) is 14.9. The molecule has 0 aliphatic carbocycles. The van der Waals surface area contributed by atoms with E-state index in [1.54, 1.807) is 37.4 Å². The first-order chi connectivity index (χ1) is 12.6. The van der Waals surface area contributed by atoms with E-state index in [-0.39, 0.29) is 11.9 Å². The molecule has 0 bridgehead atoms. The molecule has 0 spiro atoms. The number of furan rings is 1. The van der Waals surface area contributed by atoms with Crippen LogP contribution in [0.25, 0.3) is 0 Å². The minimum atomic E-state index is -0.438. The molecular weight excluding hydrogens is 336 g/mol. The number of carbonyl (C=O) groups excluding carboxylic acids is 2. The summed E-state index contributed by atoms with van der Waals surface area (Å²) in [7, 11) is 2.93. The first-order valence-electron chi connectivity index (χ1n) is 8.46. The summed E-state index contributed by atoms with van der Waals surface area (Å²) in [6.07, 6.45) is 3.13. The molecule has 1 atom stereocenters. The largest absolute Gasteiger partial charge is 0.497 e. The second kappa shape index (κ2) is 8.05. The standard InChI is InChI=1S/C19H22N2O5/c1-24-14-7-5-13(6-8-14)20-18(22)16-4-3-10-21(16)12-17-15(9-11-26-17)19(23)25-2/h5-9,11,16H,3-4,10,12H2,1-2H3,(H,20,22)/t16-/m1/s1. The van der Waals surface area contributed by atoms with Gasteiger partial charge in [-0.25, -0.2) is 4.79 Å². The van der Waals surface area contributed by atoms with Crippen molar-refractivity contribution in [3.8, 4) is 5.75 Å². The Bertz CT molecular complexity index is 768. The van der Waals surface area contributed by atoms with Crippen molar-refractivity contribution in [2.45, 2.75) is 25.4 Å². The molecule has 1 N–H and O–H groups in total. The van der Waals surface area contributed by atoms with Gasteiger partial charge >= 0.3 is 5.97 Å². The fourth-order valence-electron chi connectivity index (χ4n) is 3.15. The first kappa shape index (κ1) is 18.0. The van der Waals surface area contributed by atoms with Gasteiger partial charge in [-0.2, -0.15) is 0 Å². The van der Waals surface area contributed by atoms with Crippen LogP contribution in [0.15, 0.2) is 41.0 Å². The lowest BCUT2D eigenvalue weighted by molar-refractivity contribution is -0.120. The van der Waals surface area contributed by atoms with Gasteiger partial charge in [-0.3, -0.25) is 9.69 Å². The highest BCUT2D eigenvalue weighted by molar-refractivity contribution is 5.95. The molecule has 0 radical (unpaired) electrons. The summed E-state index contributed by atoms with van der Waals surface area (Å²) in [6, 6.07) is 8.52. The van der Waals surface area contributed by atoms with E-state index in [1.807, 2.05) is 4.90 Å². The number of nitrogens with zero attached hydrogens (tertiary/aromatic N) is 1. The number of hydrogen-bond donors (Lipinski definition) is 1. The number of likely N-dealkylation sites (tertiary alicyclic amines) is 1. The fourth-order valence-corrected chi connectivity index (χ4v) is 3.15. The number of methoxy groups -OCH3 is 2. The van der Waals surface area contributed by atoms with Crippen molar-refractivity contribution >= 4 is 17.6 Å². The topological polar surface area (TPSA) is 81.0 Å². The molecule has 2 aromatic rings. The second-order valence-corrected chi connectivity index (χ2v) is 6.10. The number of rotatable bonds is 6. The van der Waals surface area contributed by atoms with Gasteiger partial charge < -0.3 is 19.2 Å². The monoisotopic (exact) mass is 358 g/mol. The van der Waals surface area contributed by atoms with Crippen LogP contribution in [0.3, 0.4) is 0 Å². The zero-order chi connectivity index (χ0) is 18.5. The van der Waals surface area contributed by atoms with E-state index in [0.29, 0.717) is 17.9 Å². The molecule has 3 rings (SSSR count). The van der Waals surface area contributed by atoms with Crippen LogP contribution in [-0.4, -0.2) is 43.6 Å². The highest BCUT2D eigenvalue weighted by Crippen LogP contribution is 2.24. The molecule has 1 aromatic carbocycles. The van der Waals surface area contributed by atoms with Crippen molar-refractivity contribution in [2.24, 2.45) is 0 Å². The van der Waals surface area contributed by atoms with Crippen molar-refractivity contribution in [3.05, 3.63) is 47.9 Å². The summed E-state index contributed by atoms with van der Waals surface area (Å²) >= 11 is 0. The minimum absolute atomic E-state index is 0.0705. The predicted octanol–water partition coefficient (Wildman–Crippen LogP) is 2.68. The molecule has 0 saturated carbocycles. The van der Waals surface area contributed by atoms with Crippen LogP contribution >= 0.6 is 0 Å². The molecular formula is C19H22N2O5. The molecule has 1 aliphatic heterocycles. The van der Waals surface area contributed by atoms with Crippen LogP contribution in [0.5, 0.6) is 5.75 Å². The average Bonchev–Trinajstić information content (AvgIpc) is 3.31. The Hall–Kier alpha value is -2.80. The SMILES string of the molecule is COC(=O)c1ccoc1CN1CCC[C@@H]1C(=O)Nc1ccc(OC)cc1. The Balaban J connectivity index is 1.66. The number of carbonyl (C=O) groups is 2. The van der Waals surface area contributed by atoms with E-state index < -0.39 is 5.97 Å². The molecule has 1 amide bonds. The van der Waals surface area contributed by atoms with Gasteiger partial charge in [0.15, 0.2) is 0 Å². The molecule has 0 unspecified atom stereocenters. The van der Waals surface area contributed by atoms with Crippen molar-refractivity contribution in [2.75, 3.05) is 26.1 Å². The van der Waals surface area contributed by atoms with Crippen molar-refractivity contribution in [1.82, 2.24) is 4.90 Å². The Morgan fingerprint density at radius 3 is 2.69 bits per heavy atom. The van der Waals surface area contributed by atoms with E-state index in [9.17, 15) is 9.59 Å². The van der Waals surface area contributed by atoms with Gasteiger partial charge in [-0.05, 0) is 49.7 Å². The Morgan fingerprint density at radius 2 is 2.00 bits per heavy atom. The van der Waals surface area contributed by atoms with Crippen LogP contribution in [-0.2, 0) is 16.1 Å². The van der Waals surface area contributed by atoms with Crippen molar-refractivity contribution < 1.29 is 23.5 Å². The Morgan fingerprint density at radius 1 is 1.23 bits per heavy atom. The van der Waals surface area contributed by atoms with Gasteiger partial charge in [-0.15, -0.1) is 0 Å². The summed E-state index contributed by atoms with van der Waals surface area (Å²) < 4.78 is 15.3. The lowest BCUT2D eigenvalue weighted by Gasteiger charge is -2.23. The van der Waals surface area contributed by atoms with E-state index >= 15 is 0 Å². The zero-order valence-corrected chi connectivity index (χ0v) is 14.9. The number of ether oxygens (including phenoxy) is 2. The lowest BCUT2D eigenvalue weighted by atomic mass is 10.2. The van der Waals surface area contributed by atoms with Crippen LogP contribution in [0.2, 0.25) is 0 Å². The number of nitrogens with one attached hydrogen (secondary N) is 1. The highest BCUT2D eigenvalue weighted by atomic mass is 16.5. The third-order valence-electron chi connectivity index (χ3n) is 4.52. The van der Waals surface area contributed by atoms with Gasteiger partial charge in [0.05, 0.1) is 33.1 Å². The second-order valence-electron chi connectivity index (χ2n) is 6.10. The summed E-state index contributed by atoms with van der Waals surface area (Å²) in [5, 5.41) is 2.93. The van der Waals surface area contributed by atoms with E-state index in [2.05, 4.69) is 5.32 Å². The maximum Gasteiger partial charge on any atom is 0.341 e. The maximum absolute atomic E-state index is 12.7. The quantitative estimate of drug-likeness (QED) is 0.800. The minimum Gasteiger partial charge on any atom is -0.497 e. The molecule has 7 heteroatoms. The predicted molar refractivity (Wildman–Crippen MR) is 95.1 cm³/mol. The number of anilines is 1. The van der Waals surface area contributed by atoms with E-state index in [1.165, 1.54) is 13.4 Å². The van der Waals surface area contributed by atoms with Gasteiger partial charge in [0.25, 0.3) is 0 Å². The lowest BCUT2D eigenvalue weighted by Crippen LogP contribution is -2.39. The van der Waals surface area contributed by atoms with Gasteiger partial charge in [-0.1, -0.05) is 0 Å². The maximum atomic E-state index is 12.7.